The van der Waals surface area contributed by atoms with E-state index in [0.717, 1.165) is 0 Å². The van der Waals surface area contributed by atoms with E-state index < -0.39 is 24.8 Å². The first-order chi connectivity index (χ1) is 7.71. The van der Waals surface area contributed by atoms with Crippen molar-refractivity contribution >= 4 is 11.3 Å². The maximum absolute atomic E-state index is 12.1. The molecule has 0 aliphatic carbocycles. The second-order valence-electron chi connectivity index (χ2n) is 3.35. The van der Waals surface area contributed by atoms with E-state index >= 15 is 0 Å². The highest BCUT2D eigenvalue weighted by Gasteiger charge is 2.56. The lowest BCUT2D eigenvalue weighted by Gasteiger charge is -2.23. The number of hydrogen-bond donors (Lipinski definition) is 1. The van der Waals surface area contributed by atoms with Crippen LogP contribution in [0.15, 0.2) is 17.5 Å². The molecule has 1 heterocycles. The summed E-state index contributed by atoms with van der Waals surface area (Å²) in [6.45, 7) is -1.16. The monoisotopic (exact) mass is 277 g/mol. The molecule has 8 heteroatoms. The average Bonchev–Trinajstić information content (AvgIpc) is 2.60. The van der Waals surface area contributed by atoms with Crippen LogP contribution < -0.4 is 5.32 Å². The second-order valence-corrected chi connectivity index (χ2v) is 4.38. The molecule has 98 valence electrons. The number of hydrogen-bond acceptors (Lipinski definition) is 2. The van der Waals surface area contributed by atoms with Gasteiger partial charge in [0.05, 0.1) is 0 Å². The Morgan fingerprint density at radius 2 is 1.71 bits per heavy atom. The molecule has 0 radical (unpaired) electrons. The molecule has 0 atom stereocenters. The number of rotatable bonds is 4. The normalized spacial score (nSPS) is 13.4. The zero-order valence-electron chi connectivity index (χ0n) is 8.40. The standard InChI is InChI=1S/C9H9F6NS/c10-8(11,12)7(9(13,14)15)5-16-4-6-2-1-3-17-6/h1-3,7,16H,4-5H2. The molecule has 0 saturated carbocycles. The highest BCUT2D eigenvalue weighted by atomic mass is 32.1. The highest BCUT2D eigenvalue weighted by Crippen LogP contribution is 2.38. The van der Waals surface area contributed by atoms with Crippen LogP contribution in [0.2, 0.25) is 0 Å². The van der Waals surface area contributed by atoms with Crippen LogP contribution in [0.3, 0.4) is 0 Å². The van der Waals surface area contributed by atoms with Crippen molar-refractivity contribution in [2.75, 3.05) is 6.54 Å². The Hall–Kier alpha value is -0.760. The average molecular weight is 277 g/mol. The maximum atomic E-state index is 12.1. The molecule has 1 rings (SSSR count). The van der Waals surface area contributed by atoms with Gasteiger partial charge in [-0.1, -0.05) is 6.07 Å². The predicted octanol–water partition coefficient (Wildman–Crippen LogP) is 3.58. The van der Waals surface area contributed by atoms with Crippen LogP contribution in [-0.2, 0) is 6.54 Å². The lowest BCUT2D eigenvalue weighted by molar-refractivity contribution is -0.282. The van der Waals surface area contributed by atoms with Gasteiger partial charge in [0.2, 0.25) is 0 Å². The van der Waals surface area contributed by atoms with Gasteiger partial charge in [-0.05, 0) is 11.4 Å². The second kappa shape index (κ2) is 5.26. The van der Waals surface area contributed by atoms with Gasteiger partial charge in [-0.15, -0.1) is 11.3 Å². The smallest absolute Gasteiger partial charge is 0.311 e. The zero-order chi connectivity index (χ0) is 13.1. The van der Waals surface area contributed by atoms with Crippen molar-refractivity contribution in [3.05, 3.63) is 22.4 Å². The Balaban J connectivity index is 2.51. The molecule has 0 saturated heterocycles. The molecule has 0 aliphatic heterocycles. The van der Waals surface area contributed by atoms with Gasteiger partial charge in [0.1, 0.15) is 0 Å². The van der Waals surface area contributed by atoms with E-state index in [1.807, 2.05) is 0 Å². The summed E-state index contributed by atoms with van der Waals surface area (Å²) < 4.78 is 72.7. The SMILES string of the molecule is FC(F)(F)C(CNCc1cccs1)C(F)(F)F. The molecule has 17 heavy (non-hydrogen) atoms. The van der Waals surface area contributed by atoms with Gasteiger partial charge in [0.25, 0.3) is 0 Å². The van der Waals surface area contributed by atoms with E-state index in [1.165, 1.54) is 11.3 Å². The molecule has 0 aromatic carbocycles. The fourth-order valence-electron chi connectivity index (χ4n) is 1.17. The number of alkyl halides is 6. The topological polar surface area (TPSA) is 12.0 Å². The van der Waals surface area contributed by atoms with Gasteiger partial charge in [0.15, 0.2) is 5.92 Å². The van der Waals surface area contributed by atoms with Gasteiger partial charge in [0, 0.05) is 18.0 Å². The van der Waals surface area contributed by atoms with Crippen LogP contribution >= 0.6 is 11.3 Å². The molecular weight excluding hydrogens is 268 g/mol. The van der Waals surface area contributed by atoms with Crippen LogP contribution in [0.25, 0.3) is 0 Å². The van der Waals surface area contributed by atoms with E-state index in [4.69, 9.17) is 0 Å². The summed E-state index contributed by atoms with van der Waals surface area (Å²) in [5.74, 6) is -3.32. The van der Waals surface area contributed by atoms with Crippen LogP contribution in [-0.4, -0.2) is 18.9 Å². The molecule has 1 aromatic heterocycles. The quantitative estimate of drug-likeness (QED) is 0.829. The minimum absolute atomic E-state index is 0.000324. The summed E-state index contributed by atoms with van der Waals surface area (Å²) in [6, 6.07) is 3.31. The molecular formula is C9H9F6NS. The van der Waals surface area contributed by atoms with Crippen LogP contribution in [0.5, 0.6) is 0 Å². The van der Waals surface area contributed by atoms with Crippen molar-refractivity contribution in [1.29, 1.82) is 0 Å². The summed E-state index contributed by atoms with van der Waals surface area (Å²) in [5, 5.41) is 3.87. The fourth-order valence-corrected chi connectivity index (χ4v) is 1.84. The third kappa shape index (κ3) is 4.55. The molecule has 0 bridgehead atoms. The molecule has 0 unspecified atom stereocenters. The van der Waals surface area contributed by atoms with Gasteiger partial charge < -0.3 is 5.32 Å². The highest BCUT2D eigenvalue weighted by molar-refractivity contribution is 7.09. The van der Waals surface area contributed by atoms with Crippen molar-refractivity contribution in [3.63, 3.8) is 0 Å². The first kappa shape index (κ1) is 14.3. The number of thiophene rings is 1. The van der Waals surface area contributed by atoms with E-state index in [1.54, 1.807) is 17.5 Å². The summed E-state index contributed by atoms with van der Waals surface area (Å²) in [4.78, 5) is 0.688. The zero-order valence-corrected chi connectivity index (χ0v) is 9.22. The van der Waals surface area contributed by atoms with Crippen LogP contribution in [0.1, 0.15) is 4.88 Å². The predicted molar refractivity (Wildman–Crippen MR) is 51.6 cm³/mol. The Morgan fingerprint density at radius 3 is 2.12 bits per heavy atom. The van der Waals surface area contributed by atoms with Crippen molar-refractivity contribution in [3.8, 4) is 0 Å². The van der Waals surface area contributed by atoms with Crippen molar-refractivity contribution in [2.24, 2.45) is 5.92 Å². The summed E-state index contributed by atoms with van der Waals surface area (Å²) >= 11 is 1.26. The van der Waals surface area contributed by atoms with Crippen LogP contribution in [0, 0.1) is 5.92 Å². The molecule has 1 aromatic rings. The van der Waals surface area contributed by atoms with E-state index in [9.17, 15) is 26.3 Å². The van der Waals surface area contributed by atoms with Crippen LogP contribution in [0.4, 0.5) is 26.3 Å². The first-order valence-electron chi connectivity index (χ1n) is 4.58. The number of halogens is 6. The molecule has 0 fully saturated rings. The largest absolute Gasteiger partial charge is 0.401 e. The van der Waals surface area contributed by atoms with Crippen molar-refractivity contribution in [2.45, 2.75) is 18.9 Å². The molecule has 0 spiro atoms. The Bertz CT molecular complexity index is 314. The molecule has 1 N–H and O–H groups in total. The minimum atomic E-state index is -5.28. The Kier molecular flexibility index (Phi) is 4.42. The third-order valence-corrected chi connectivity index (χ3v) is 2.89. The Morgan fingerprint density at radius 1 is 1.12 bits per heavy atom. The van der Waals surface area contributed by atoms with Gasteiger partial charge >= 0.3 is 12.4 Å². The Labute approximate surface area is 97.4 Å². The van der Waals surface area contributed by atoms with E-state index in [0.29, 0.717) is 4.88 Å². The molecule has 0 aliphatic rings. The molecule has 1 nitrogen and oxygen atoms in total. The number of nitrogens with one attached hydrogen (secondary N) is 1. The van der Waals surface area contributed by atoms with Crippen molar-refractivity contribution < 1.29 is 26.3 Å². The van der Waals surface area contributed by atoms with Gasteiger partial charge in [-0.25, -0.2) is 0 Å². The first-order valence-corrected chi connectivity index (χ1v) is 5.45. The maximum Gasteiger partial charge on any atom is 0.401 e. The van der Waals surface area contributed by atoms with E-state index in [-0.39, 0.29) is 6.54 Å². The van der Waals surface area contributed by atoms with Crippen molar-refractivity contribution in [1.82, 2.24) is 5.32 Å². The molecule has 0 amide bonds. The van der Waals surface area contributed by atoms with Gasteiger partial charge in [-0.2, -0.15) is 26.3 Å². The third-order valence-electron chi connectivity index (χ3n) is 2.02. The lowest BCUT2D eigenvalue weighted by Crippen LogP contribution is -2.43. The lowest BCUT2D eigenvalue weighted by atomic mass is 10.1. The van der Waals surface area contributed by atoms with E-state index in [2.05, 4.69) is 5.32 Å². The summed E-state index contributed by atoms with van der Waals surface area (Å²) in [5.41, 5.74) is 0. The van der Waals surface area contributed by atoms with Gasteiger partial charge in [-0.3, -0.25) is 0 Å². The minimum Gasteiger partial charge on any atom is -0.311 e. The fraction of sp³-hybridized carbons (Fsp3) is 0.556. The summed E-state index contributed by atoms with van der Waals surface area (Å²) in [7, 11) is 0. The summed E-state index contributed by atoms with van der Waals surface area (Å²) in [6.07, 6.45) is -10.6.